The van der Waals surface area contributed by atoms with E-state index in [0.29, 0.717) is 11.0 Å². The Morgan fingerprint density at radius 2 is 1.92 bits per heavy atom. The molecule has 0 aliphatic heterocycles. The first-order valence-electron chi connectivity index (χ1n) is 8.76. The Morgan fingerprint density at radius 3 is 2.50 bits per heavy atom. The Bertz CT molecular complexity index is 361. The van der Waals surface area contributed by atoms with Crippen molar-refractivity contribution in [3.05, 3.63) is 12.7 Å². The van der Waals surface area contributed by atoms with Crippen molar-refractivity contribution < 1.29 is 19.0 Å². The first-order chi connectivity index (χ1) is 11.6. The van der Waals surface area contributed by atoms with Gasteiger partial charge in [-0.2, -0.15) is 0 Å². The van der Waals surface area contributed by atoms with Gasteiger partial charge in [-0.15, -0.1) is 6.58 Å². The van der Waals surface area contributed by atoms with Crippen molar-refractivity contribution in [2.24, 2.45) is 0 Å². The molecule has 0 heterocycles. The number of hydrogen-bond donors (Lipinski definition) is 0. The number of hydrogen-bond acceptors (Lipinski definition) is 6. The maximum atomic E-state index is 12.0. The van der Waals surface area contributed by atoms with Gasteiger partial charge in [-0.05, 0) is 56.6 Å². The predicted molar refractivity (Wildman–Crippen MR) is 105 cm³/mol. The summed E-state index contributed by atoms with van der Waals surface area (Å²) >= 11 is 6.22. The van der Waals surface area contributed by atoms with E-state index in [1.807, 2.05) is 13.0 Å². The van der Waals surface area contributed by atoms with Crippen LogP contribution in [0.3, 0.4) is 0 Å². The molecule has 0 spiro atoms. The third kappa shape index (κ3) is 11.9. The molecule has 0 saturated carbocycles. The zero-order chi connectivity index (χ0) is 18.2. The minimum absolute atomic E-state index is 0.0165. The summed E-state index contributed by atoms with van der Waals surface area (Å²) in [7, 11) is 1.36. The molecule has 0 fully saturated rings. The Labute approximate surface area is 156 Å². The average molecular weight is 377 g/mol. The molecular formula is C18H32O4S2. The lowest BCUT2D eigenvalue weighted by Gasteiger charge is -2.23. The molecule has 0 N–H and O–H groups in total. The number of thioether (sulfide) groups is 1. The molecule has 0 aromatic carbocycles. The maximum absolute atomic E-state index is 12.0. The van der Waals surface area contributed by atoms with Gasteiger partial charge in [-0.3, -0.25) is 0 Å². The number of esters is 1. The van der Waals surface area contributed by atoms with Crippen LogP contribution < -0.4 is 0 Å². The highest BCUT2D eigenvalue weighted by Gasteiger charge is 2.27. The highest BCUT2D eigenvalue weighted by Crippen LogP contribution is 2.23. The Morgan fingerprint density at radius 1 is 1.21 bits per heavy atom. The largest absolute Gasteiger partial charge is 0.479 e. The molecule has 0 aliphatic rings. The zero-order valence-electron chi connectivity index (χ0n) is 15.3. The molecule has 0 bridgehead atoms. The van der Waals surface area contributed by atoms with Crippen molar-refractivity contribution in [2.75, 3.05) is 13.7 Å². The first-order valence-corrected chi connectivity index (χ1v) is 10.0. The molecule has 140 valence electrons. The van der Waals surface area contributed by atoms with Crippen LogP contribution in [-0.2, 0) is 19.0 Å². The van der Waals surface area contributed by atoms with E-state index in [2.05, 4.69) is 13.5 Å². The smallest absolute Gasteiger partial charge is 0.346 e. The summed E-state index contributed by atoms with van der Waals surface area (Å²) in [6, 6.07) is 0. The molecule has 0 aromatic heterocycles. The quantitative estimate of drug-likeness (QED) is 0.136. The van der Waals surface area contributed by atoms with E-state index in [0.717, 1.165) is 43.9 Å². The van der Waals surface area contributed by atoms with Gasteiger partial charge < -0.3 is 14.2 Å². The normalized spacial score (nSPS) is 13.1. The molecule has 0 aromatic rings. The molecule has 2 atom stereocenters. The van der Waals surface area contributed by atoms with Crippen LogP contribution in [0.25, 0.3) is 0 Å². The topological polar surface area (TPSA) is 44.8 Å². The summed E-state index contributed by atoms with van der Waals surface area (Å²) in [6.45, 7) is 8.27. The number of carbonyl (C=O) groups excluding carboxylic acids is 1. The molecule has 0 saturated heterocycles. The van der Waals surface area contributed by atoms with E-state index < -0.39 is 11.4 Å². The fourth-order valence-corrected chi connectivity index (χ4v) is 3.36. The molecule has 0 radical (unpaired) electrons. The molecule has 0 aliphatic carbocycles. The lowest BCUT2D eigenvalue weighted by atomic mass is 10.0. The number of unbranched alkanes of at least 4 members (excludes halogenated alkanes) is 4. The molecular weight excluding hydrogens is 344 g/mol. The Hall–Kier alpha value is -0.590. The van der Waals surface area contributed by atoms with Gasteiger partial charge in [-0.25, -0.2) is 4.79 Å². The van der Waals surface area contributed by atoms with Crippen molar-refractivity contribution in [2.45, 2.75) is 76.8 Å². The van der Waals surface area contributed by atoms with Gasteiger partial charge in [0.1, 0.15) is 0 Å². The monoisotopic (exact) mass is 376 g/mol. The SMILES string of the molecule is C=CCCCC(CCCCCC)OC(SC(=S)OCC)C(=O)OC. The van der Waals surface area contributed by atoms with Crippen LogP contribution in [0.2, 0.25) is 0 Å². The predicted octanol–water partition coefficient (Wildman–Crippen LogP) is 5.25. The molecule has 24 heavy (non-hydrogen) atoms. The van der Waals surface area contributed by atoms with Gasteiger partial charge in [0, 0.05) is 0 Å². The number of thiocarbonyl (C=S) groups is 1. The van der Waals surface area contributed by atoms with Gasteiger partial charge in [-0.1, -0.05) is 38.7 Å². The Kier molecular flexibility index (Phi) is 15.5. The second-order valence-corrected chi connectivity index (χ2v) is 7.15. The number of carbonyl (C=O) groups is 1. The lowest BCUT2D eigenvalue weighted by molar-refractivity contribution is -0.151. The summed E-state index contributed by atoms with van der Waals surface area (Å²) in [5.74, 6) is -0.427. The van der Waals surface area contributed by atoms with Gasteiger partial charge in [0.25, 0.3) is 0 Å². The Balaban J connectivity index is 4.66. The molecule has 0 rings (SSSR count). The van der Waals surface area contributed by atoms with Crippen LogP contribution in [0.1, 0.15) is 65.2 Å². The molecule has 4 nitrogen and oxygen atoms in total. The summed E-state index contributed by atoms with van der Waals surface area (Å²) in [5, 5.41) is 0. The number of rotatable bonds is 14. The van der Waals surface area contributed by atoms with Crippen LogP contribution in [0, 0.1) is 0 Å². The highest BCUT2D eigenvalue weighted by molar-refractivity contribution is 8.23. The summed E-state index contributed by atoms with van der Waals surface area (Å²) in [4.78, 5) is 12.0. The third-order valence-electron chi connectivity index (χ3n) is 3.49. The molecule has 2 unspecified atom stereocenters. The second kappa shape index (κ2) is 15.9. The standard InChI is InChI=1S/C18H32O4S2/c1-5-8-10-12-14-15(13-11-9-6-2)22-17(16(19)20-4)24-18(23)21-7-3/h6,15,17H,2,5,7-14H2,1,3-4H3. The lowest BCUT2D eigenvalue weighted by Crippen LogP contribution is -2.29. The number of ether oxygens (including phenoxy) is 3. The summed E-state index contributed by atoms with van der Waals surface area (Å²) in [5.41, 5.74) is -0.769. The van der Waals surface area contributed by atoms with E-state index in [1.54, 1.807) is 0 Å². The van der Waals surface area contributed by atoms with Crippen LogP contribution in [0.4, 0.5) is 0 Å². The number of methoxy groups -OCH3 is 1. The third-order valence-corrected chi connectivity index (χ3v) is 4.72. The van der Waals surface area contributed by atoms with E-state index >= 15 is 0 Å². The van der Waals surface area contributed by atoms with Crippen LogP contribution in [0.15, 0.2) is 12.7 Å². The van der Waals surface area contributed by atoms with Gasteiger partial charge in [0.15, 0.2) is 0 Å². The second-order valence-electron chi connectivity index (χ2n) is 5.48. The van der Waals surface area contributed by atoms with Crippen LogP contribution in [0.5, 0.6) is 0 Å². The van der Waals surface area contributed by atoms with Gasteiger partial charge >= 0.3 is 5.97 Å². The van der Waals surface area contributed by atoms with E-state index in [9.17, 15) is 4.79 Å². The van der Waals surface area contributed by atoms with E-state index in [-0.39, 0.29) is 6.10 Å². The van der Waals surface area contributed by atoms with Gasteiger partial charge in [0.05, 0.1) is 19.8 Å². The van der Waals surface area contributed by atoms with E-state index in [4.69, 9.17) is 26.4 Å². The zero-order valence-corrected chi connectivity index (χ0v) is 16.9. The van der Waals surface area contributed by atoms with Crippen molar-refractivity contribution in [3.8, 4) is 0 Å². The molecule has 6 heteroatoms. The van der Waals surface area contributed by atoms with Gasteiger partial charge in [0.2, 0.25) is 9.82 Å². The summed E-state index contributed by atoms with van der Waals surface area (Å²) < 4.78 is 16.4. The highest BCUT2D eigenvalue weighted by atomic mass is 32.2. The first kappa shape index (κ1) is 23.4. The average Bonchev–Trinajstić information content (AvgIpc) is 2.57. The minimum Gasteiger partial charge on any atom is -0.479 e. The fraction of sp³-hybridized carbons (Fsp3) is 0.778. The van der Waals surface area contributed by atoms with Crippen LogP contribution in [-0.4, -0.2) is 35.6 Å². The summed E-state index contributed by atoms with van der Waals surface area (Å²) in [6.07, 6.45) is 10.4. The van der Waals surface area contributed by atoms with Crippen molar-refractivity contribution >= 4 is 34.3 Å². The van der Waals surface area contributed by atoms with Crippen molar-refractivity contribution in [1.82, 2.24) is 0 Å². The molecule has 0 amide bonds. The fourth-order valence-electron chi connectivity index (χ4n) is 2.21. The van der Waals surface area contributed by atoms with E-state index in [1.165, 1.54) is 26.4 Å². The maximum Gasteiger partial charge on any atom is 0.346 e. The van der Waals surface area contributed by atoms with Crippen LogP contribution >= 0.6 is 24.0 Å². The van der Waals surface area contributed by atoms with Crippen molar-refractivity contribution in [3.63, 3.8) is 0 Å². The number of allylic oxidation sites excluding steroid dienone is 1. The minimum atomic E-state index is -0.769. The van der Waals surface area contributed by atoms with Crippen molar-refractivity contribution in [1.29, 1.82) is 0 Å².